The number of nitrogens with zero attached hydrogens (tertiary/aromatic N) is 4. The van der Waals surface area contributed by atoms with Gasteiger partial charge in [-0.1, -0.05) is 6.92 Å². The summed E-state index contributed by atoms with van der Waals surface area (Å²) in [6.45, 7) is 11.6. The molecule has 0 aliphatic carbocycles. The molecule has 9 nitrogen and oxygen atoms in total. The van der Waals surface area contributed by atoms with E-state index in [0.717, 1.165) is 34.1 Å². The van der Waals surface area contributed by atoms with Crippen LogP contribution in [0.25, 0.3) is 0 Å². The second kappa shape index (κ2) is 9.77. The molecule has 2 aromatic carbocycles. The lowest BCUT2D eigenvalue weighted by Gasteiger charge is -2.45. The molecule has 1 saturated heterocycles. The summed E-state index contributed by atoms with van der Waals surface area (Å²) in [5.74, 6) is 0.237. The number of carboxylic acid groups (broad SMARTS) is 1. The zero-order chi connectivity index (χ0) is 30.4. The van der Waals surface area contributed by atoms with Gasteiger partial charge in [0.15, 0.2) is 17.0 Å². The van der Waals surface area contributed by atoms with Gasteiger partial charge in [-0.25, -0.2) is 22.3 Å². The van der Waals surface area contributed by atoms with Crippen molar-refractivity contribution >= 4 is 27.4 Å². The van der Waals surface area contributed by atoms with Crippen molar-refractivity contribution in [2.45, 2.75) is 83.2 Å². The molecule has 2 aromatic rings. The van der Waals surface area contributed by atoms with Gasteiger partial charge in [0.1, 0.15) is 18.1 Å². The molecule has 0 saturated carbocycles. The van der Waals surface area contributed by atoms with Gasteiger partial charge >= 0.3 is 5.97 Å². The third kappa shape index (κ3) is 4.80. The fraction of sp³-hybridized carbons (Fsp3) is 0.594. The van der Waals surface area contributed by atoms with E-state index in [0.29, 0.717) is 30.9 Å². The number of hydrogen-bond donors (Lipinski definition) is 1. The van der Waals surface area contributed by atoms with Gasteiger partial charge < -0.3 is 14.7 Å². The highest BCUT2D eigenvalue weighted by atomic mass is 32.2. The van der Waals surface area contributed by atoms with E-state index in [1.54, 1.807) is 0 Å². The molecular weight excluding hydrogens is 552 g/mol. The van der Waals surface area contributed by atoms with Gasteiger partial charge in [0.05, 0.1) is 17.7 Å². The Morgan fingerprint density at radius 1 is 1.07 bits per heavy atom. The number of fused-ring (bicyclic) bond motifs is 4. The molecule has 0 spiro atoms. The van der Waals surface area contributed by atoms with Crippen molar-refractivity contribution in [2.24, 2.45) is 10.9 Å². The molecule has 0 aromatic heterocycles. The number of rotatable bonds is 4. The minimum absolute atomic E-state index is 0.0155. The van der Waals surface area contributed by atoms with E-state index in [1.165, 1.54) is 15.6 Å². The van der Waals surface area contributed by atoms with E-state index in [4.69, 9.17) is 9.73 Å². The van der Waals surface area contributed by atoms with Gasteiger partial charge in [0.25, 0.3) is 0 Å². The molecular formula is C32H43N4O5S+. The molecule has 0 bridgehead atoms. The first-order chi connectivity index (χ1) is 19.6. The SMILES string of the molecule is CC1CC(C)(C)N(C)c2cc3c(cc21)N=c1cc2c(cc1O3)=[N+](C)C(C)(C)CC2CS(=O)(=O)N1CCC(C(=O)O)CC1. The standard InChI is InChI=1S/C32H42N4O5S/c1-19-16-31(2,3)34(6)26-14-28-24(12-22(19)26)33-25-13-23-21(17-32(4,5)35(7)27(23)15-29(25)41-28)18-42(39,40)36-10-8-20(9-11-36)30(37)38/h12-15,19-21H,8-11,16-18H2,1-7H3/p+1. The maximum Gasteiger partial charge on any atom is 0.306 e. The van der Waals surface area contributed by atoms with Crippen molar-refractivity contribution in [2.75, 3.05) is 37.8 Å². The molecule has 1 fully saturated rings. The highest BCUT2D eigenvalue weighted by molar-refractivity contribution is 7.89. The van der Waals surface area contributed by atoms with E-state index < -0.39 is 21.9 Å². The maximum absolute atomic E-state index is 13.6. The summed E-state index contributed by atoms with van der Waals surface area (Å²) >= 11 is 0. The number of aliphatic carboxylic acids is 1. The van der Waals surface area contributed by atoms with Crippen LogP contribution in [0.2, 0.25) is 0 Å². The molecule has 0 radical (unpaired) electrons. The van der Waals surface area contributed by atoms with E-state index in [9.17, 15) is 18.3 Å². The first-order valence-electron chi connectivity index (χ1n) is 15.0. The highest BCUT2D eigenvalue weighted by Crippen LogP contribution is 2.48. The molecule has 6 rings (SSSR count). The number of carbonyl (C=O) groups is 1. The van der Waals surface area contributed by atoms with Gasteiger partial charge in [-0.2, -0.15) is 0 Å². The van der Waals surface area contributed by atoms with Crippen LogP contribution in [0, 0.1) is 5.92 Å². The molecule has 4 aliphatic rings. The number of benzene rings is 2. The van der Waals surface area contributed by atoms with Crippen LogP contribution in [0.15, 0.2) is 29.3 Å². The molecule has 4 aliphatic heterocycles. The largest absolute Gasteiger partial charge is 0.481 e. The van der Waals surface area contributed by atoms with Crippen molar-refractivity contribution in [3.05, 3.63) is 46.1 Å². The Balaban J connectivity index is 1.39. The lowest BCUT2D eigenvalue weighted by molar-refractivity contribution is -0.142. The number of anilines is 1. The summed E-state index contributed by atoms with van der Waals surface area (Å²) in [6, 6.07) is 8.31. The number of piperidine rings is 1. The maximum atomic E-state index is 13.6. The van der Waals surface area contributed by atoms with Crippen LogP contribution in [0.4, 0.5) is 11.4 Å². The van der Waals surface area contributed by atoms with Crippen LogP contribution in [0.1, 0.15) is 83.3 Å². The number of hydrogen-bond acceptors (Lipinski definition) is 6. The van der Waals surface area contributed by atoms with E-state index in [1.807, 2.05) is 12.1 Å². The smallest absolute Gasteiger partial charge is 0.306 e. The Morgan fingerprint density at radius 3 is 2.43 bits per heavy atom. The number of carboxylic acids is 1. The van der Waals surface area contributed by atoms with E-state index in [2.05, 4.69) is 70.3 Å². The molecule has 226 valence electrons. The predicted molar refractivity (Wildman–Crippen MR) is 163 cm³/mol. The monoisotopic (exact) mass is 595 g/mol. The molecule has 4 heterocycles. The Kier molecular flexibility index (Phi) is 6.77. The van der Waals surface area contributed by atoms with Gasteiger partial charge in [-0.3, -0.25) is 4.79 Å². The van der Waals surface area contributed by atoms with Crippen LogP contribution >= 0.6 is 0 Å². The first kappa shape index (κ1) is 29.1. The zero-order valence-electron chi connectivity index (χ0n) is 25.8. The van der Waals surface area contributed by atoms with Crippen LogP contribution in [-0.2, 0) is 14.8 Å². The highest BCUT2D eigenvalue weighted by Gasteiger charge is 2.42. The Bertz CT molecular complexity index is 1710. The van der Waals surface area contributed by atoms with Gasteiger partial charge in [-0.05, 0) is 70.6 Å². The summed E-state index contributed by atoms with van der Waals surface area (Å²) in [5, 5.41) is 11.0. The summed E-state index contributed by atoms with van der Waals surface area (Å²) < 4.78 is 37.5. The molecule has 10 heteroatoms. The van der Waals surface area contributed by atoms with Crippen molar-refractivity contribution in [1.82, 2.24) is 8.88 Å². The normalized spacial score (nSPS) is 24.9. The summed E-state index contributed by atoms with van der Waals surface area (Å²) in [4.78, 5) is 18.8. The predicted octanol–water partition coefficient (Wildman–Crippen LogP) is 3.98. The second-order valence-corrected chi connectivity index (χ2v) is 16.0. The average Bonchev–Trinajstić information content (AvgIpc) is 2.91. The third-order valence-electron chi connectivity index (χ3n) is 10.3. The van der Waals surface area contributed by atoms with Gasteiger partial charge in [-0.15, -0.1) is 0 Å². The zero-order valence-corrected chi connectivity index (χ0v) is 26.6. The topological polar surface area (TPSA) is 103 Å². The van der Waals surface area contributed by atoms with Crippen molar-refractivity contribution in [3.8, 4) is 11.5 Å². The lowest BCUT2D eigenvalue weighted by atomic mass is 9.80. The third-order valence-corrected chi connectivity index (χ3v) is 12.3. The minimum Gasteiger partial charge on any atom is -0.481 e. The molecule has 2 atom stereocenters. The molecule has 2 unspecified atom stereocenters. The van der Waals surface area contributed by atoms with Crippen LogP contribution in [0.3, 0.4) is 0 Å². The van der Waals surface area contributed by atoms with Crippen LogP contribution in [0.5, 0.6) is 11.5 Å². The van der Waals surface area contributed by atoms with Crippen LogP contribution in [-0.4, -0.2) is 67.8 Å². The summed E-state index contributed by atoms with van der Waals surface area (Å²) in [7, 11) is 0.603. The summed E-state index contributed by atoms with van der Waals surface area (Å²) in [6.07, 6.45) is 2.42. The molecule has 0 amide bonds. The molecule has 1 N–H and O–H groups in total. The lowest BCUT2D eigenvalue weighted by Crippen LogP contribution is -2.52. The molecule has 42 heavy (non-hydrogen) atoms. The summed E-state index contributed by atoms with van der Waals surface area (Å²) in [5.41, 5.74) is 3.97. The fourth-order valence-corrected chi connectivity index (χ4v) is 9.21. The van der Waals surface area contributed by atoms with Crippen molar-refractivity contribution in [1.29, 1.82) is 0 Å². The van der Waals surface area contributed by atoms with E-state index in [-0.39, 0.29) is 35.8 Å². The van der Waals surface area contributed by atoms with Gasteiger partial charge in [0, 0.05) is 55.3 Å². The Hall–Kier alpha value is -2.98. The minimum atomic E-state index is -3.59. The van der Waals surface area contributed by atoms with Gasteiger partial charge in [0.2, 0.25) is 15.4 Å². The quantitative estimate of drug-likeness (QED) is 0.458. The Labute approximate surface area is 248 Å². The van der Waals surface area contributed by atoms with Crippen LogP contribution < -0.4 is 24.9 Å². The van der Waals surface area contributed by atoms with E-state index >= 15 is 0 Å². The number of ether oxygens (including phenoxy) is 1. The Morgan fingerprint density at radius 2 is 1.76 bits per heavy atom. The first-order valence-corrected chi connectivity index (χ1v) is 16.6. The number of sulfonamides is 1. The average molecular weight is 596 g/mol. The van der Waals surface area contributed by atoms with Crippen molar-refractivity contribution in [3.63, 3.8) is 0 Å². The van der Waals surface area contributed by atoms with Crippen molar-refractivity contribution < 1.29 is 23.1 Å². The second-order valence-electron chi connectivity index (χ2n) is 14.0. The fourth-order valence-electron chi connectivity index (χ4n) is 7.42.